The van der Waals surface area contributed by atoms with Gasteiger partial charge in [0, 0.05) is 36.0 Å². The van der Waals surface area contributed by atoms with Crippen LogP contribution in [0.4, 0.5) is 0 Å². The van der Waals surface area contributed by atoms with E-state index in [1.807, 2.05) is 30.3 Å². The van der Waals surface area contributed by atoms with Crippen molar-refractivity contribution in [3.63, 3.8) is 0 Å². The number of amides is 2. The summed E-state index contributed by atoms with van der Waals surface area (Å²) in [4.78, 5) is 34.4. The van der Waals surface area contributed by atoms with Crippen molar-refractivity contribution in [2.45, 2.75) is 36.4 Å². The van der Waals surface area contributed by atoms with E-state index in [9.17, 15) is 23.3 Å². The van der Waals surface area contributed by atoms with Gasteiger partial charge in [0.15, 0.2) is 0 Å². The molecule has 0 aliphatic rings. The maximum atomic E-state index is 14.5. The van der Waals surface area contributed by atoms with E-state index in [0.29, 0.717) is 10.6 Å². The molecule has 1 N–H and O–H groups in total. The van der Waals surface area contributed by atoms with Crippen molar-refractivity contribution < 1.29 is 18.0 Å². The fourth-order valence-electron chi connectivity index (χ4n) is 4.77. The van der Waals surface area contributed by atoms with Gasteiger partial charge >= 0.3 is 0 Å². The lowest BCUT2D eigenvalue weighted by atomic mass is 9.89. The standard InChI is InChI=1S/C30H26N6O4S2/c31-15-6-14-30(22-35-18-7-16-33-35,29(38)34-42(39,40)26-10-2-1-3-11-26)36(21-27-32-17-19-41-27)28(37)25-13-12-23-8-4-5-9-24(23)20-25/h1-5,7-13,16-20H,6,14,21-22H2,(H,34,38). The molecule has 0 radical (unpaired) electrons. The van der Waals surface area contributed by atoms with Gasteiger partial charge in [-0.05, 0) is 47.5 Å². The van der Waals surface area contributed by atoms with Crippen molar-refractivity contribution in [1.82, 2.24) is 24.4 Å². The Morgan fingerprint density at radius 3 is 2.45 bits per heavy atom. The van der Waals surface area contributed by atoms with Gasteiger partial charge in [-0.3, -0.25) is 14.3 Å². The molecular weight excluding hydrogens is 573 g/mol. The van der Waals surface area contributed by atoms with Gasteiger partial charge < -0.3 is 4.90 Å². The molecule has 0 saturated carbocycles. The van der Waals surface area contributed by atoms with Gasteiger partial charge in [-0.2, -0.15) is 10.4 Å². The highest BCUT2D eigenvalue weighted by molar-refractivity contribution is 7.90. The highest BCUT2D eigenvalue weighted by Gasteiger charge is 2.48. The second-order valence-corrected chi connectivity index (χ2v) is 12.2. The summed E-state index contributed by atoms with van der Waals surface area (Å²) in [6.07, 6.45) is 4.42. The summed E-state index contributed by atoms with van der Waals surface area (Å²) < 4.78 is 30.4. The molecule has 2 aromatic heterocycles. The number of benzene rings is 3. The van der Waals surface area contributed by atoms with E-state index in [4.69, 9.17) is 0 Å². The first-order chi connectivity index (χ1) is 20.3. The summed E-state index contributed by atoms with van der Waals surface area (Å²) in [6.45, 7) is -0.308. The number of thiazole rings is 1. The Balaban J connectivity index is 1.67. The predicted molar refractivity (Wildman–Crippen MR) is 158 cm³/mol. The van der Waals surface area contributed by atoms with Crippen LogP contribution in [0, 0.1) is 11.3 Å². The molecule has 0 bridgehead atoms. The summed E-state index contributed by atoms with van der Waals surface area (Å²) in [5, 5.41) is 17.9. The number of carbonyl (C=O) groups excluding carboxylic acids is 2. The molecule has 12 heteroatoms. The number of aromatic nitrogens is 3. The molecule has 42 heavy (non-hydrogen) atoms. The van der Waals surface area contributed by atoms with E-state index >= 15 is 0 Å². The fourth-order valence-corrected chi connectivity index (χ4v) is 6.44. The van der Waals surface area contributed by atoms with Crippen LogP contribution in [0.15, 0.2) is 108 Å². The topological polar surface area (TPSA) is 138 Å². The van der Waals surface area contributed by atoms with Crippen LogP contribution in [0.2, 0.25) is 0 Å². The van der Waals surface area contributed by atoms with Gasteiger partial charge in [0.2, 0.25) is 0 Å². The lowest BCUT2D eigenvalue weighted by molar-refractivity contribution is -0.132. The van der Waals surface area contributed by atoms with Crippen LogP contribution in [0.5, 0.6) is 0 Å². The van der Waals surface area contributed by atoms with Crippen LogP contribution in [0.1, 0.15) is 28.2 Å². The Hall–Kier alpha value is -4.86. The SMILES string of the molecule is N#CCCC(Cn1cccn1)(C(=O)NS(=O)(=O)c1ccccc1)N(Cc1nccs1)C(=O)c1ccc2ccccc2c1. The minimum absolute atomic E-state index is 0.102. The van der Waals surface area contributed by atoms with E-state index in [2.05, 4.69) is 20.9 Å². The minimum atomic E-state index is -4.32. The Morgan fingerprint density at radius 1 is 1.00 bits per heavy atom. The smallest absolute Gasteiger partial charge is 0.264 e. The summed E-state index contributed by atoms with van der Waals surface area (Å²) >= 11 is 1.29. The number of nitrogens with one attached hydrogen (secondary N) is 1. The van der Waals surface area contributed by atoms with Gasteiger partial charge in [0.1, 0.15) is 10.5 Å². The minimum Gasteiger partial charge on any atom is -0.315 e. The first-order valence-electron chi connectivity index (χ1n) is 13.0. The van der Waals surface area contributed by atoms with Crippen molar-refractivity contribution in [1.29, 1.82) is 5.26 Å². The highest BCUT2D eigenvalue weighted by atomic mass is 32.2. The number of carbonyl (C=O) groups is 2. The largest absolute Gasteiger partial charge is 0.315 e. The quantitative estimate of drug-likeness (QED) is 0.238. The van der Waals surface area contributed by atoms with Gasteiger partial charge in [0.25, 0.3) is 21.8 Å². The molecule has 5 rings (SSSR count). The zero-order chi connectivity index (χ0) is 29.6. The zero-order valence-electron chi connectivity index (χ0n) is 22.3. The number of hydrogen-bond donors (Lipinski definition) is 1. The summed E-state index contributed by atoms with van der Waals surface area (Å²) in [7, 11) is -4.32. The average Bonchev–Trinajstić information content (AvgIpc) is 3.72. The molecule has 3 aromatic carbocycles. The van der Waals surface area contributed by atoms with E-state index in [1.165, 1.54) is 39.2 Å². The van der Waals surface area contributed by atoms with Gasteiger partial charge in [-0.15, -0.1) is 11.3 Å². The normalized spacial score (nSPS) is 12.7. The van der Waals surface area contributed by atoms with Crippen molar-refractivity contribution in [2.24, 2.45) is 0 Å². The molecule has 5 aromatic rings. The Morgan fingerprint density at radius 2 is 1.76 bits per heavy atom. The van der Waals surface area contributed by atoms with Gasteiger partial charge in [-0.25, -0.2) is 18.1 Å². The van der Waals surface area contributed by atoms with E-state index < -0.39 is 27.4 Å². The molecule has 0 fully saturated rings. The summed E-state index contributed by atoms with van der Waals surface area (Å²) in [5.41, 5.74) is -1.55. The lowest BCUT2D eigenvalue weighted by Crippen LogP contribution is -2.63. The number of nitrogens with zero attached hydrogens (tertiary/aromatic N) is 5. The third-order valence-corrected chi connectivity index (χ3v) is 8.98. The molecule has 2 amide bonds. The van der Waals surface area contributed by atoms with Gasteiger partial charge in [-0.1, -0.05) is 48.5 Å². The maximum Gasteiger partial charge on any atom is 0.264 e. The molecule has 1 atom stereocenters. The van der Waals surface area contributed by atoms with Crippen molar-refractivity contribution in [2.75, 3.05) is 0 Å². The van der Waals surface area contributed by atoms with E-state index in [1.54, 1.807) is 54.2 Å². The van der Waals surface area contributed by atoms with Crippen LogP contribution in [-0.4, -0.2) is 45.4 Å². The Labute approximate surface area is 246 Å². The van der Waals surface area contributed by atoms with Crippen LogP contribution in [0.25, 0.3) is 10.8 Å². The van der Waals surface area contributed by atoms with Gasteiger partial charge in [0.05, 0.1) is 24.1 Å². The maximum absolute atomic E-state index is 14.5. The monoisotopic (exact) mass is 598 g/mol. The molecule has 0 aliphatic heterocycles. The molecular formula is C30H26N6O4S2. The molecule has 0 spiro atoms. The van der Waals surface area contributed by atoms with Crippen LogP contribution >= 0.6 is 11.3 Å². The molecule has 0 saturated heterocycles. The second kappa shape index (κ2) is 12.3. The van der Waals surface area contributed by atoms with Crippen molar-refractivity contribution in [3.05, 3.63) is 113 Å². The van der Waals surface area contributed by atoms with Crippen LogP contribution in [-0.2, 0) is 27.9 Å². The van der Waals surface area contributed by atoms with E-state index in [-0.39, 0.29) is 30.8 Å². The summed E-state index contributed by atoms with van der Waals surface area (Å²) in [6, 6.07) is 24.0. The van der Waals surface area contributed by atoms with Crippen LogP contribution < -0.4 is 4.72 Å². The number of hydrogen-bond acceptors (Lipinski definition) is 8. The number of rotatable bonds is 11. The highest BCUT2D eigenvalue weighted by Crippen LogP contribution is 2.31. The fraction of sp³-hybridized carbons (Fsp3) is 0.167. The van der Waals surface area contributed by atoms with Crippen LogP contribution in [0.3, 0.4) is 0 Å². The Bertz CT molecular complexity index is 1840. The number of fused-ring (bicyclic) bond motifs is 1. The third-order valence-electron chi connectivity index (χ3n) is 6.87. The Kier molecular flexibility index (Phi) is 8.42. The zero-order valence-corrected chi connectivity index (χ0v) is 24.0. The van der Waals surface area contributed by atoms with Crippen molar-refractivity contribution >= 4 is 43.9 Å². The predicted octanol–water partition coefficient (Wildman–Crippen LogP) is 4.38. The molecule has 2 heterocycles. The lowest BCUT2D eigenvalue weighted by Gasteiger charge is -2.42. The average molecular weight is 599 g/mol. The first-order valence-corrected chi connectivity index (χ1v) is 15.3. The van der Waals surface area contributed by atoms with Crippen molar-refractivity contribution in [3.8, 4) is 6.07 Å². The first kappa shape index (κ1) is 28.7. The third kappa shape index (κ3) is 6.07. The molecule has 212 valence electrons. The molecule has 10 nitrogen and oxygen atoms in total. The number of nitriles is 1. The summed E-state index contributed by atoms with van der Waals surface area (Å²) in [5.74, 6) is -1.48. The second-order valence-electron chi connectivity index (χ2n) is 9.52. The molecule has 1 unspecified atom stereocenters. The number of sulfonamides is 1. The molecule has 0 aliphatic carbocycles. The van der Waals surface area contributed by atoms with E-state index in [0.717, 1.165) is 10.8 Å².